The molecule has 102 valence electrons. The largest absolute Gasteiger partial charge is 0.459 e. The summed E-state index contributed by atoms with van der Waals surface area (Å²) in [5.41, 5.74) is -0.142. The fraction of sp³-hybridized carbons (Fsp3) is 0.938. The van der Waals surface area contributed by atoms with E-state index in [0.29, 0.717) is 5.92 Å². The monoisotopic (exact) mass is 250 g/mol. The van der Waals surface area contributed by atoms with Crippen LogP contribution in [0.1, 0.15) is 59.3 Å². The second-order valence-electron chi connectivity index (χ2n) is 7.11. The minimum atomic E-state index is -0.142. The minimum absolute atomic E-state index is 0.0297. The van der Waals surface area contributed by atoms with Crippen molar-refractivity contribution in [2.24, 2.45) is 29.6 Å². The molecular formula is C16H26O2. The molecule has 6 unspecified atom stereocenters. The molecule has 0 aromatic carbocycles. The summed E-state index contributed by atoms with van der Waals surface area (Å²) < 4.78 is 5.95. The molecule has 2 heteroatoms. The second kappa shape index (κ2) is 4.25. The Morgan fingerprint density at radius 3 is 2.83 bits per heavy atom. The first kappa shape index (κ1) is 12.5. The molecule has 0 spiro atoms. The van der Waals surface area contributed by atoms with Gasteiger partial charge in [-0.2, -0.15) is 0 Å². The molecular weight excluding hydrogens is 224 g/mol. The van der Waals surface area contributed by atoms with Crippen molar-refractivity contribution in [3.63, 3.8) is 0 Å². The Morgan fingerprint density at radius 1 is 1.39 bits per heavy atom. The van der Waals surface area contributed by atoms with Gasteiger partial charge in [0, 0.05) is 5.92 Å². The van der Waals surface area contributed by atoms with Gasteiger partial charge in [0.2, 0.25) is 0 Å². The molecule has 2 bridgehead atoms. The molecule has 2 nitrogen and oxygen atoms in total. The van der Waals surface area contributed by atoms with E-state index in [1.165, 1.54) is 25.7 Å². The van der Waals surface area contributed by atoms with Gasteiger partial charge in [0.05, 0.1) is 5.92 Å². The molecule has 0 amide bonds. The first-order valence-electron chi connectivity index (χ1n) is 7.78. The maximum atomic E-state index is 12.1. The molecule has 6 atom stereocenters. The molecule has 0 saturated heterocycles. The van der Waals surface area contributed by atoms with Gasteiger partial charge in [-0.25, -0.2) is 0 Å². The van der Waals surface area contributed by atoms with Gasteiger partial charge in [-0.3, -0.25) is 4.79 Å². The van der Waals surface area contributed by atoms with Crippen LogP contribution in [0.2, 0.25) is 0 Å². The number of esters is 1. The van der Waals surface area contributed by atoms with E-state index in [4.69, 9.17) is 4.74 Å². The predicted octanol–water partition coefficient (Wildman–Crippen LogP) is 3.79. The number of hydrogen-bond acceptors (Lipinski definition) is 2. The molecule has 0 radical (unpaired) electrons. The standard InChI is InChI=1S/C16H26O2/c1-4-10(2)15(17)18-16(3)9-11-8-14(16)13-7-5-6-12(11)13/h10-14H,4-9H2,1-3H3. The lowest BCUT2D eigenvalue weighted by Crippen LogP contribution is -2.43. The zero-order valence-electron chi connectivity index (χ0n) is 11.9. The van der Waals surface area contributed by atoms with Crippen LogP contribution < -0.4 is 0 Å². The van der Waals surface area contributed by atoms with Crippen molar-refractivity contribution in [2.75, 3.05) is 0 Å². The smallest absolute Gasteiger partial charge is 0.309 e. The van der Waals surface area contributed by atoms with E-state index in [9.17, 15) is 4.79 Å². The minimum Gasteiger partial charge on any atom is -0.459 e. The van der Waals surface area contributed by atoms with Crippen molar-refractivity contribution in [3.8, 4) is 0 Å². The maximum absolute atomic E-state index is 12.1. The van der Waals surface area contributed by atoms with Crippen LogP contribution in [-0.2, 0) is 9.53 Å². The third-order valence-corrected chi connectivity index (χ3v) is 6.10. The lowest BCUT2D eigenvalue weighted by atomic mass is 9.73. The van der Waals surface area contributed by atoms with Gasteiger partial charge >= 0.3 is 5.97 Å². The maximum Gasteiger partial charge on any atom is 0.309 e. The van der Waals surface area contributed by atoms with Crippen molar-refractivity contribution in [1.82, 2.24) is 0 Å². The van der Waals surface area contributed by atoms with Crippen LogP contribution in [-0.4, -0.2) is 11.6 Å². The summed E-state index contributed by atoms with van der Waals surface area (Å²) in [6.07, 6.45) is 7.54. The molecule has 0 aromatic rings. The molecule has 3 saturated carbocycles. The third-order valence-electron chi connectivity index (χ3n) is 6.10. The first-order chi connectivity index (χ1) is 8.55. The molecule has 0 heterocycles. The lowest BCUT2D eigenvalue weighted by molar-refractivity contribution is -0.171. The lowest BCUT2D eigenvalue weighted by Gasteiger charge is -2.40. The molecule has 0 N–H and O–H groups in total. The Morgan fingerprint density at radius 2 is 2.11 bits per heavy atom. The normalized spacial score (nSPS) is 47.1. The third kappa shape index (κ3) is 1.71. The van der Waals surface area contributed by atoms with Crippen molar-refractivity contribution < 1.29 is 9.53 Å². The number of fused-ring (bicyclic) bond motifs is 5. The summed E-state index contributed by atoms with van der Waals surface area (Å²) in [5.74, 6) is 3.41. The van der Waals surface area contributed by atoms with Gasteiger partial charge in [-0.15, -0.1) is 0 Å². The molecule has 3 aliphatic rings. The van der Waals surface area contributed by atoms with E-state index in [0.717, 1.165) is 30.6 Å². The van der Waals surface area contributed by atoms with Crippen LogP contribution in [0.3, 0.4) is 0 Å². The van der Waals surface area contributed by atoms with E-state index >= 15 is 0 Å². The van der Waals surface area contributed by atoms with Crippen LogP contribution in [0.15, 0.2) is 0 Å². The summed E-state index contributed by atoms with van der Waals surface area (Å²) in [4.78, 5) is 12.1. The highest BCUT2D eigenvalue weighted by molar-refractivity contribution is 5.72. The van der Waals surface area contributed by atoms with Crippen molar-refractivity contribution in [1.29, 1.82) is 0 Å². The zero-order valence-corrected chi connectivity index (χ0v) is 11.9. The van der Waals surface area contributed by atoms with Crippen LogP contribution in [0, 0.1) is 29.6 Å². The Balaban J connectivity index is 1.71. The average Bonchev–Trinajstić information content (AvgIpc) is 2.97. The van der Waals surface area contributed by atoms with Crippen LogP contribution in [0.5, 0.6) is 0 Å². The van der Waals surface area contributed by atoms with Crippen molar-refractivity contribution in [3.05, 3.63) is 0 Å². The fourth-order valence-corrected chi connectivity index (χ4v) is 5.00. The fourth-order valence-electron chi connectivity index (χ4n) is 5.00. The van der Waals surface area contributed by atoms with Crippen LogP contribution in [0.25, 0.3) is 0 Å². The topological polar surface area (TPSA) is 26.3 Å². The van der Waals surface area contributed by atoms with E-state index in [-0.39, 0.29) is 17.5 Å². The van der Waals surface area contributed by atoms with Gasteiger partial charge in [-0.05, 0) is 56.8 Å². The van der Waals surface area contributed by atoms with Crippen LogP contribution >= 0.6 is 0 Å². The molecule has 0 aliphatic heterocycles. The van der Waals surface area contributed by atoms with Gasteiger partial charge in [0.15, 0.2) is 0 Å². The Kier molecular flexibility index (Phi) is 2.95. The SMILES string of the molecule is CCC(C)C(=O)OC1(C)CC2CC1C1CCCC21. The highest BCUT2D eigenvalue weighted by atomic mass is 16.6. The van der Waals surface area contributed by atoms with E-state index < -0.39 is 0 Å². The van der Waals surface area contributed by atoms with Crippen molar-refractivity contribution >= 4 is 5.97 Å². The number of hydrogen-bond donors (Lipinski definition) is 0. The first-order valence-corrected chi connectivity index (χ1v) is 7.78. The highest BCUT2D eigenvalue weighted by Gasteiger charge is 2.60. The number of carbonyl (C=O) groups excluding carboxylic acids is 1. The van der Waals surface area contributed by atoms with Gasteiger partial charge in [0.1, 0.15) is 5.60 Å². The Hall–Kier alpha value is -0.530. The number of rotatable bonds is 3. The number of carbonyl (C=O) groups is 1. The summed E-state index contributed by atoms with van der Waals surface area (Å²) in [5, 5.41) is 0. The van der Waals surface area contributed by atoms with E-state index in [2.05, 4.69) is 13.8 Å². The Labute approximate surface area is 110 Å². The summed E-state index contributed by atoms with van der Waals surface area (Å²) in [7, 11) is 0. The predicted molar refractivity (Wildman–Crippen MR) is 71.0 cm³/mol. The second-order valence-corrected chi connectivity index (χ2v) is 7.11. The summed E-state index contributed by atoms with van der Waals surface area (Å²) in [6, 6.07) is 0. The van der Waals surface area contributed by atoms with Gasteiger partial charge in [-0.1, -0.05) is 20.3 Å². The molecule has 3 rings (SSSR count). The quantitative estimate of drug-likeness (QED) is 0.712. The Bertz CT molecular complexity index is 351. The molecule has 0 aromatic heterocycles. The molecule has 3 aliphatic carbocycles. The average molecular weight is 250 g/mol. The zero-order chi connectivity index (χ0) is 12.9. The molecule has 3 fully saturated rings. The van der Waals surface area contributed by atoms with E-state index in [1.54, 1.807) is 0 Å². The molecule has 18 heavy (non-hydrogen) atoms. The van der Waals surface area contributed by atoms with E-state index in [1.807, 2.05) is 6.92 Å². The summed E-state index contributed by atoms with van der Waals surface area (Å²) in [6.45, 7) is 6.24. The highest BCUT2D eigenvalue weighted by Crippen LogP contribution is 2.63. The number of ether oxygens (including phenoxy) is 1. The van der Waals surface area contributed by atoms with Gasteiger partial charge < -0.3 is 4.74 Å². The van der Waals surface area contributed by atoms with Crippen molar-refractivity contribution in [2.45, 2.75) is 64.9 Å². The summed E-state index contributed by atoms with van der Waals surface area (Å²) >= 11 is 0. The van der Waals surface area contributed by atoms with Gasteiger partial charge in [0.25, 0.3) is 0 Å². The van der Waals surface area contributed by atoms with Crippen LogP contribution in [0.4, 0.5) is 0 Å².